The molecule has 0 aliphatic carbocycles. The van der Waals surface area contributed by atoms with Crippen molar-refractivity contribution in [1.29, 1.82) is 0 Å². The number of carbonyl (C=O) groups is 2. The molecule has 1 fully saturated rings. The van der Waals surface area contributed by atoms with Gasteiger partial charge in [0.15, 0.2) is 23.0 Å². The maximum Gasteiger partial charge on any atom is 0.289 e. The third-order valence-corrected chi connectivity index (χ3v) is 4.72. The Labute approximate surface area is 145 Å². The molecule has 1 amide bonds. The van der Waals surface area contributed by atoms with Crippen LogP contribution < -0.4 is 4.74 Å². The number of likely N-dealkylation sites (N-methyl/N-ethyl adjacent to an activating group) is 1. The van der Waals surface area contributed by atoms with Crippen molar-refractivity contribution in [2.75, 3.05) is 40.3 Å². The lowest BCUT2D eigenvalue weighted by molar-refractivity contribution is 0.0633. The molecule has 134 valence electrons. The van der Waals surface area contributed by atoms with E-state index in [4.69, 9.17) is 9.15 Å². The molecule has 1 aliphatic rings. The van der Waals surface area contributed by atoms with Crippen molar-refractivity contribution in [2.24, 2.45) is 0 Å². The summed E-state index contributed by atoms with van der Waals surface area (Å²) in [5.74, 6) is -0.437. The Morgan fingerprint density at radius 1 is 1.24 bits per heavy atom. The summed E-state index contributed by atoms with van der Waals surface area (Å²) in [5, 5.41) is 10.9. The maximum atomic E-state index is 12.9. The number of hydrogen-bond acceptors (Lipinski definition) is 6. The Kier molecular flexibility index (Phi) is 4.43. The third-order valence-electron chi connectivity index (χ3n) is 4.72. The van der Waals surface area contributed by atoms with Crippen molar-refractivity contribution in [3.8, 4) is 11.5 Å². The second-order valence-corrected chi connectivity index (χ2v) is 6.39. The van der Waals surface area contributed by atoms with E-state index >= 15 is 0 Å². The van der Waals surface area contributed by atoms with Crippen LogP contribution in [0.1, 0.15) is 33.4 Å². The van der Waals surface area contributed by atoms with Crippen LogP contribution in [0.2, 0.25) is 0 Å². The summed E-state index contributed by atoms with van der Waals surface area (Å²) in [6.45, 7) is 5.97. The molecule has 0 saturated carbocycles. The molecular formula is C18H22N2O5. The number of phenolic OH excluding ortho intramolecular Hbond substituents is 1. The summed E-state index contributed by atoms with van der Waals surface area (Å²) in [7, 11) is 3.43. The van der Waals surface area contributed by atoms with Crippen LogP contribution >= 0.6 is 0 Å². The minimum absolute atomic E-state index is 0.0369. The minimum Gasteiger partial charge on any atom is -0.504 e. The minimum atomic E-state index is -0.353. The number of methoxy groups -OCH3 is 1. The zero-order chi connectivity index (χ0) is 18.3. The predicted molar refractivity (Wildman–Crippen MR) is 92.6 cm³/mol. The number of nitrogens with zero attached hydrogens (tertiary/aromatic N) is 2. The number of aryl methyl sites for hydroxylation is 1. The van der Waals surface area contributed by atoms with Gasteiger partial charge in [0.05, 0.1) is 7.11 Å². The maximum absolute atomic E-state index is 12.9. The van der Waals surface area contributed by atoms with Crippen LogP contribution in [-0.2, 0) is 0 Å². The lowest BCUT2D eigenvalue weighted by Crippen LogP contribution is -2.47. The zero-order valence-corrected chi connectivity index (χ0v) is 14.9. The van der Waals surface area contributed by atoms with Crippen LogP contribution in [0.25, 0.3) is 11.0 Å². The molecule has 0 radical (unpaired) electrons. The number of piperazine rings is 1. The Bertz CT molecular complexity index is 847. The molecule has 0 bridgehead atoms. The van der Waals surface area contributed by atoms with E-state index in [2.05, 4.69) is 4.90 Å². The monoisotopic (exact) mass is 346 g/mol. The van der Waals surface area contributed by atoms with Crippen LogP contribution in [0.5, 0.6) is 11.5 Å². The Balaban J connectivity index is 2.12. The highest BCUT2D eigenvalue weighted by atomic mass is 16.5. The molecule has 7 nitrogen and oxygen atoms in total. The van der Waals surface area contributed by atoms with Crippen molar-refractivity contribution in [3.05, 3.63) is 23.0 Å². The molecule has 0 unspecified atom stereocenters. The third kappa shape index (κ3) is 2.84. The molecule has 0 spiro atoms. The molecule has 1 aromatic carbocycles. The van der Waals surface area contributed by atoms with Crippen LogP contribution in [0.3, 0.4) is 0 Å². The lowest BCUT2D eigenvalue weighted by Gasteiger charge is -2.31. The number of benzene rings is 1. The second kappa shape index (κ2) is 6.40. The first-order valence-corrected chi connectivity index (χ1v) is 8.17. The number of furan rings is 1. The van der Waals surface area contributed by atoms with Gasteiger partial charge < -0.3 is 24.1 Å². The Morgan fingerprint density at radius 2 is 1.88 bits per heavy atom. The molecule has 7 heteroatoms. The summed E-state index contributed by atoms with van der Waals surface area (Å²) in [6.07, 6.45) is 0. The van der Waals surface area contributed by atoms with E-state index in [1.807, 2.05) is 7.05 Å². The average Bonchev–Trinajstić information content (AvgIpc) is 2.90. The van der Waals surface area contributed by atoms with E-state index in [0.717, 1.165) is 13.1 Å². The van der Waals surface area contributed by atoms with Crippen molar-refractivity contribution >= 4 is 22.7 Å². The molecule has 2 aromatic rings. The SMILES string of the molecule is COc1cc2c(C)c(C(=O)N3CCN(C)CC3)oc2c(C(C)=O)c1O. The van der Waals surface area contributed by atoms with Crippen LogP contribution in [-0.4, -0.2) is 66.9 Å². The number of carbonyl (C=O) groups excluding carboxylic acids is 2. The van der Waals surface area contributed by atoms with E-state index in [1.54, 1.807) is 17.9 Å². The van der Waals surface area contributed by atoms with Gasteiger partial charge in [-0.05, 0) is 27.0 Å². The number of aromatic hydroxyl groups is 1. The molecule has 25 heavy (non-hydrogen) atoms. The summed E-state index contributed by atoms with van der Waals surface area (Å²) in [6, 6.07) is 1.59. The van der Waals surface area contributed by atoms with E-state index in [9.17, 15) is 14.7 Å². The molecule has 1 saturated heterocycles. The van der Waals surface area contributed by atoms with Gasteiger partial charge in [0, 0.05) is 37.1 Å². The Morgan fingerprint density at radius 3 is 2.44 bits per heavy atom. The first-order valence-electron chi connectivity index (χ1n) is 8.17. The van der Waals surface area contributed by atoms with Crippen LogP contribution in [0, 0.1) is 6.92 Å². The number of rotatable bonds is 3. The number of hydrogen-bond donors (Lipinski definition) is 1. The van der Waals surface area contributed by atoms with E-state index in [-0.39, 0.29) is 40.1 Å². The smallest absolute Gasteiger partial charge is 0.289 e. The first kappa shape index (κ1) is 17.3. The van der Waals surface area contributed by atoms with Crippen molar-refractivity contribution < 1.29 is 23.8 Å². The topological polar surface area (TPSA) is 83.2 Å². The predicted octanol–water partition coefficient (Wildman–Crippen LogP) is 2.05. The quantitative estimate of drug-likeness (QED) is 0.857. The number of fused-ring (bicyclic) bond motifs is 1. The first-order chi connectivity index (χ1) is 11.8. The van der Waals surface area contributed by atoms with E-state index in [1.165, 1.54) is 14.0 Å². The fraction of sp³-hybridized carbons (Fsp3) is 0.444. The molecule has 1 aliphatic heterocycles. The highest BCUT2D eigenvalue weighted by Gasteiger charge is 2.29. The van der Waals surface area contributed by atoms with Gasteiger partial charge in [-0.25, -0.2) is 0 Å². The summed E-state index contributed by atoms with van der Waals surface area (Å²) in [5.41, 5.74) is 0.899. The van der Waals surface area contributed by atoms with Gasteiger partial charge in [-0.3, -0.25) is 9.59 Å². The van der Waals surface area contributed by atoms with Gasteiger partial charge in [-0.1, -0.05) is 0 Å². The van der Waals surface area contributed by atoms with Gasteiger partial charge >= 0.3 is 0 Å². The number of phenols is 1. The van der Waals surface area contributed by atoms with Gasteiger partial charge in [0.25, 0.3) is 5.91 Å². The van der Waals surface area contributed by atoms with E-state index < -0.39 is 0 Å². The van der Waals surface area contributed by atoms with Crippen LogP contribution in [0.4, 0.5) is 0 Å². The highest BCUT2D eigenvalue weighted by Crippen LogP contribution is 2.40. The van der Waals surface area contributed by atoms with Gasteiger partial charge in [-0.2, -0.15) is 0 Å². The van der Waals surface area contributed by atoms with Gasteiger partial charge in [0.1, 0.15) is 11.1 Å². The molecule has 1 N–H and O–H groups in total. The molecular weight excluding hydrogens is 324 g/mol. The normalized spacial score (nSPS) is 15.6. The fourth-order valence-electron chi connectivity index (χ4n) is 3.16. The van der Waals surface area contributed by atoms with Crippen molar-refractivity contribution in [3.63, 3.8) is 0 Å². The Hall–Kier alpha value is -2.54. The summed E-state index contributed by atoms with van der Waals surface area (Å²) < 4.78 is 10.9. The highest BCUT2D eigenvalue weighted by molar-refractivity contribution is 6.11. The molecule has 2 heterocycles. The van der Waals surface area contributed by atoms with Crippen LogP contribution in [0.15, 0.2) is 10.5 Å². The van der Waals surface area contributed by atoms with Crippen molar-refractivity contribution in [1.82, 2.24) is 9.80 Å². The lowest BCUT2D eigenvalue weighted by atomic mass is 10.0. The number of ketones is 1. The number of amides is 1. The molecule has 3 rings (SSSR count). The standard InChI is InChI=1S/C18H22N2O5/c1-10-12-9-13(24-4)15(22)14(11(2)21)17(12)25-16(10)18(23)20-7-5-19(3)6-8-20/h9,22H,5-8H2,1-4H3. The zero-order valence-electron chi connectivity index (χ0n) is 14.9. The van der Waals surface area contributed by atoms with Crippen molar-refractivity contribution in [2.45, 2.75) is 13.8 Å². The fourth-order valence-corrected chi connectivity index (χ4v) is 3.16. The molecule has 0 atom stereocenters. The number of Topliss-reactive ketones (excluding diaryl/α,β-unsaturated/α-hetero) is 1. The van der Waals surface area contributed by atoms with E-state index in [0.29, 0.717) is 24.0 Å². The van der Waals surface area contributed by atoms with Gasteiger partial charge in [-0.15, -0.1) is 0 Å². The second-order valence-electron chi connectivity index (χ2n) is 6.39. The average molecular weight is 346 g/mol. The molecule has 1 aromatic heterocycles. The van der Waals surface area contributed by atoms with Gasteiger partial charge in [0.2, 0.25) is 0 Å². The largest absolute Gasteiger partial charge is 0.504 e. The number of ether oxygens (including phenoxy) is 1. The summed E-state index contributed by atoms with van der Waals surface area (Å²) in [4.78, 5) is 28.8. The summed E-state index contributed by atoms with van der Waals surface area (Å²) >= 11 is 0.